The van der Waals surface area contributed by atoms with Crippen molar-refractivity contribution in [2.24, 2.45) is 0 Å². The van der Waals surface area contributed by atoms with Crippen LogP contribution in [0.25, 0.3) is 0 Å². The van der Waals surface area contributed by atoms with E-state index in [4.69, 9.17) is 9.84 Å². The lowest BCUT2D eigenvalue weighted by molar-refractivity contribution is 0.0697. The molecule has 4 nitrogen and oxygen atoms in total. The third-order valence-corrected chi connectivity index (χ3v) is 2.06. The Morgan fingerprint density at radius 1 is 1.40 bits per heavy atom. The Morgan fingerprint density at radius 2 is 2.07 bits per heavy atom. The highest BCUT2D eigenvalue weighted by molar-refractivity contribution is 6.00. The van der Waals surface area contributed by atoms with E-state index < -0.39 is 5.97 Å². The van der Waals surface area contributed by atoms with Crippen LogP contribution in [-0.2, 0) is 4.74 Å². The minimum Gasteiger partial charge on any atom is -0.478 e. The van der Waals surface area contributed by atoms with Gasteiger partial charge in [0.15, 0.2) is 5.78 Å². The maximum Gasteiger partial charge on any atom is 0.335 e. The van der Waals surface area contributed by atoms with Crippen molar-refractivity contribution in [1.29, 1.82) is 0 Å². The Kier molecular flexibility index (Phi) is 3.57. The van der Waals surface area contributed by atoms with Crippen molar-refractivity contribution in [2.75, 3.05) is 13.7 Å². The Bertz CT molecular complexity index is 396. The molecule has 0 aliphatic heterocycles. The van der Waals surface area contributed by atoms with Crippen LogP contribution >= 0.6 is 0 Å². The van der Waals surface area contributed by atoms with E-state index in [-0.39, 0.29) is 18.0 Å². The Balaban J connectivity index is 3.10. The van der Waals surface area contributed by atoms with Gasteiger partial charge in [-0.3, -0.25) is 4.79 Å². The number of rotatable bonds is 4. The topological polar surface area (TPSA) is 63.6 Å². The molecule has 1 aromatic carbocycles. The van der Waals surface area contributed by atoms with Gasteiger partial charge in [0.1, 0.15) is 6.61 Å². The number of benzene rings is 1. The predicted molar refractivity (Wildman–Crippen MR) is 54.3 cm³/mol. The van der Waals surface area contributed by atoms with E-state index in [2.05, 4.69) is 0 Å². The van der Waals surface area contributed by atoms with Gasteiger partial charge in [-0.25, -0.2) is 4.79 Å². The number of carboxylic acid groups (broad SMARTS) is 1. The van der Waals surface area contributed by atoms with E-state index >= 15 is 0 Å². The number of ether oxygens (including phenoxy) is 1. The second kappa shape index (κ2) is 4.70. The van der Waals surface area contributed by atoms with Gasteiger partial charge in [-0.1, -0.05) is 6.07 Å². The fourth-order valence-corrected chi connectivity index (χ4v) is 1.26. The third kappa shape index (κ3) is 2.63. The summed E-state index contributed by atoms with van der Waals surface area (Å²) >= 11 is 0. The minimum absolute atomic E-state index is 0.0378. The number of aromatic carboxylic acids is 1. The van der Waals surface area contributed by atoms with Gasteiger partial charge in [-0.15, -0.1) is 0 Å². The Hall–Kier alpha value is -1.68. The maximum atomic E-state index is 11.5. The summed E-state index contributed by atoms with van der Waals surface area (Å²) < 4.78 is 4.72. The molecule has 0 aromatic heterocycles. The maximum absolute atomic E-state index is 11.5. The molecule has 0 saturated heterocycles. The SMILES string of the molecule is COCC(=O)c1cc(C(=O)O)ccc1C. The molecule has 0 radical (unpaired) electrons. The monoisotopic (exact) mass is 208 g/mol. The molecule has 0 heterocycles. The number of Topliss-reactive ketones (excluding diaryl/α,β-unsaturated/α-hetero) is 1. The number of methoxy groups -OCH3 is 1. The molecule has 1 N–H and O–H groups in total. The Labute approximate surface area is 87.5 Å². The summed E-state index contributed by atoms with van der Waals surface area (Å²) in [6.07, 6.45) is 0. The zero-order valence-electron chi connectivity index (χ0n) is 8.61. The van der Waals surface area contributed by atoms with E-state index in [1.807, 2.05) is 0 Å². The number of hydrogen-bond acceptors (Lipinski definition) is 3. The summed E-state index contributed by atoms with van der Waals surface area (Å²) in [6, 6.07) is 4.46. The smallest absolute Gasteiger partial charge is 0.335 e. The number of carboxylic acids is 1. The van der Waals surface area contributed by atoms with Crippen molar-refractivity contribution >= 4 is 11.8 Å². The zero-order chi connectivity index (χ0) is 11.4. The summed E-state index contributed by atoms with van der Waals surface area (Å²) in [5.41, 5.74) is 1.26. The highest BCUT2D eigenvalue weighted by Crippen LogP contribution is 2.12. The van der Waals surface area contributed by atoms with E-state index in [0.29, 0.717) is 5.56 Å². The first-order valence-corrected chi connectivity index (χ1v) is 4.42. The summed E-state index contributed by atoms with van der Waals surface area (Å²) in [6.45, 7) is 1.72. The van der Waals surface area contributed by atoms with Crippen LogP contribution in [0.3, 0.4) is 0 Å². The van der Waals surface area contributed by atoms with Crippen molar-refractivity contribution in [3.8, 4) is 0 Å². The molecular weight excluding hydrogens is 196 g/mol. The van der Waals surface area contributed by atoms with E-state index in [0.717, 1.165) is 5.56 Å². The molecule has 0 bridgehead atoms. The zero-order valence-corrected chi connectivity index (χ0v) is 8.61. The van der Waals surface area contributed by atoms with Gasteiger partial charge in [0, 0.05) is 12.7 Å². The van der Waals surface area contributed by atoms with Crippen LogP contribution in [0.5, 0.6) is 0 Å². The second-order valence-electron chi connectivity index (χ2n) is 3.19. The quantitative estimate of drug-likeness (QED) is 0.762. The van der Waals surface area contributed by atoms with Crippen LogP contribution in [-0.4, -0.2) is 30.6 Å². The summed E-state index contributed by atoms with van der Waals surface area (Å²) in [5, 5.41) is 8.77. The first-order valence-electron chi connectivity index (χ1n) is 4.42. The van der Waals surface area contributed by atoms with Gasteiger partial charge in [0.25, 0.3) is 0 Å². The van der Waals surface area contributed by atoms with Gasteiger partial charge < -0.3 is 9.84 Å². The molecule has 1 rings (SSSR count). The molecule has 0 amide bonds. The molecule has 0 atom stereocenters. The average molecular weight is 208 g/mol. The fraction of sp³-hybridized carbons (Fsp3) is 0.273. The molecule has 15 heavy (non-hydrogen) atoms. The summed E-state index contributed by atoms with van der Waals surface area (Å²) in [5.74, 6) is -1.25. The van der Waals surface area contributed by atoms with Crippen LogP contribution < -0.4 is 0 Å². The van der Waals surface area contributed by atoms with Crippen LogP contribution in [0, 0.1) is 6.92 Å². The molecule has 0 fully saturated rings. The standard InChI is InChI=1S/C11H12O4/c1-7-3-4-8(11(13)14)5-9(7)10(12)6-15-2/h3-5H,6H2,1-2H3,(H,13,14). The molecule has 80 valence electrons. The highest BCUT2D eigenvalue weighted by Gasteiger charge is 2.12. The number of carbonyl (C=O) groups is 2. The number of carbonyl (C=O) groups excluding carboxylic acids is 1. The van der Waals surface area contributed by atoms with Crippen molar-refractivity contribution in [2.45, 2.75) is 6.92 Å². The largest absolute Gasteiger partial charge is 0.478 e. The lowest BCUT2D eigenvalue weighted by Gasteiger charge is -2.05. The van der Waals surface area contributed by atoms with Gasteiger partial charge in [0.2, 0.25) is 0 Å². The average Bonchev–Trinajstić information content (AvgIpc) is 2.18. The van der Waals surface area contributed by atoms with E-state index in [1.165, 1.54) is 19.2 Å². The molecule has 0 spiro atoms. The molecule has 0 aliphatic rings. The van der Waals surface area contributed by atoms with Crippen LogP contribution in [0.1, 0.15) is 26.3 Å². The van der Waals surface area contributed by atoms with Gasteiger partial charge >= 0.3 is 5.97 Å². The van der Waals surface area contributed by atoms with Crippen molar-refractivity contribution in [3.63, 3.8) is 0 Å². The lowest BCUT2D eigenvalue weighted by Crippen LogP contribution is -2.10. The highest BCUT2D eigenvalue weighted by atomic mass is 16.5. The van der Waals surface area contributed by atoms with E-state index in [1.54, 1.807) is 13.0 Å². The number of hydrogen-bond donors (Lipinski definition) is 1. The molecule has 0 aliphatic carbocycles. The van der Waals surface area contributed by atoms with Crippen LogP contribution in [0.2, 0.25) is 0 Å². The molecule has 1 aromatic rings. The van der Waals surface area contributed by atoms with Gasteiger partial charge in [-0.2, -0.15) is 0 Å². The molecular formula is C11H12O4. The Morgan fingerprint density at radius 3 is 2.60 bits per heavy atom. The van der Waals surface area contributed by atoms with Gasteiger partial charge in [0.05, 0.1) is 5.56 Å². The number of aryl methyl sites for hydroxylation is 1. The first-order chi connectivity index (χ1) is 7.06. The minimum atomic E-state index is -1.04. The first kappa shape index (κ1) is 11.4. The van der Waals surface area contributed by atoms with Crippen molar-refractivity contribution in [3.05, 3.63) is 34.9 Å². The predicted octanol–water partition coefficient (Wildman–Crippen LogP) is 1.52. The summed E-state index contributed by atoms with van der Waals surface area (Å²) in [7, 11) is 1.42. The molecule has 0 saturated carbocycles. The van der Waals surface area contributed by atoms with Crippen molar-refractivity contribution < 1.29 is 19.4 Å². The van der Waals surface area contributed by atoms with Crippen molar-refractivity contribution in [1.82, 2.24) is 0 Å². The van der Waals surface area contributed by atoms with Crippen LogP contribution in [0.15, 0.2) is 18.2 Å². The van der Waals surface area contributed by atoms with E-state index in [9.17, 15) is 9.59 Å². The normalized spacial score (nSPS) is 10.0. The van der Waals surface area contributed by atoms with Crippen LogP contribution in [0.4, 0.5) is 0 Å². The lowest BCUT2D eigenvalue weighted by atomic mass is 10.0. The summed E-state index contributed by atoms with van der Waals surface area (Å²) in [4.78, 5) is 22.2. The molecule has 4 heteroatoms. The fourth-order valence-electron chi connectivity index (χ4n) is 1.26. The third-order valence-electron chi connectivity index (χ3n) is 2.06. The number of ketones is 1. The molecule has 0 unspecified atom stereocenters. The second-order valence-corrected chi connectivity index (χ2v) is 3.19. The van der Waals surface area contributed by atoms with Gasteiger partial charge in [-0.05, 0) is 24.6 Å².